The molecule has 23 heavy (non-hydrogen) atoms. The summed E-state index contributed by atoms with van der Waals surface area (Å²) in [6.07, 6.45) is 10.3. The van der Waals surface area contributed by atoms with Crippen molar-refractivity contribution >= 4 is 11.8 Å². The quantitative estimate of drug-likeness (QED) is 0.696. The van der Waals surface area contributed by atoms with Gasteiger partial charge in [-0.05, 0) is 25.8 Å². The lowest BCUT2D eigenvalue weighted by Crippen LogP contribution is -2.21. The van der Waals surface area contributed by atoms with Gasteiger partial charge in [0.25, 0.3) is 0 Å². The van der Waals surface area contributed by atoms with E-state index in [2.05, 4.69) is 0 Å². The summed E-state index contributed by atoms with van der Waals surface area (Å²) in [5.41, 5.74) is 0. The minimum Gasteiger partial charge on any atom is -0.459 e. The molecule has 0 saturated heterocycles. The Balaban J connectivity index is 2.90. The molecule has 1 N–H and O–H groups in total. The number of cyclic esters (lactones) is 1. The predicted molar refractivity (Wildman–Crippen MR) is 90.7 cm³/mol. The first-order valence-electron chi connectivity index (χ1n) is 8.26. The third-order valence-electron chi connectivity index (χ3n) is 4.35. The number of ketones is 1. The Labute approximate surface area is 138 Å². The highest BCUT2D eigenvalue weighted by Crippen LogP contribution is 2.17. The van der Waals surface area contributed by atoms with Gasteiger partial charge in [-0.1, -0.05) is 45.1 Å². The highest BCUT2D eigenvalue weighted by molar-refractivity contribution is 5.91. The molecule has 0 aliphatic carbocycles. The Morgan fingerprint density at radius 3 is 2.35 bits per heavy atom. The van der Waals surface area contributed by atoms with Crippen molar-refractivity contribution in [1.29, 1.82) is 0 Å². The Kier molecular flexibility index (Phi) is 7.96. The predicted octanol–water partition coefficient (Wildman–Crippen LogP) is 3.22. The smallest absolute Gasteiger partial charge is 0.330 e. The maximum absolute atomic E-state index is 12.0. The van der Waals surface area contributed by atoms with Gasteiger partial charge in [-0.15, -0.1) is 0 Å². The highest BCUT2D eigenvalue weighted by Gasteiger charge is 2.17. The summed E-state index contributed by atoms with van der Waals surface area (Å²) in [5, 5.41) is 10.1. The van der Waals surface area contributed by atoms with E-state index in [9.17, 15) is 14.7 Å². The van der Waals surface area contributed by atoms with E-state index in [1.165, 1.54) is 6.08 Å². The second kappa shape index (κ2) is 9.46. The number of rotatable bonds is 0. The number of allylic oxidation sites excluding steroid dienone is 3. The van der Waals surface area contributed by atoms with Crippen molar-refractivity contribution in [2.24, 2.45) is 17.8 Å². The molecule has 0 spiro atoms. The van der Waals surface area contributed by atoms with Gasteiger partial charge in [0.1, 0.15) is 6.10 Å². The van der Waals surface area contributed by atoms with Crippen LogP contribution in [0.1, 0.15) is 40.5 Å². The van der Waals surface area contributed by atoms with Crippen LogP contribution in [0.5, 0.6) is 0 Å². The number of ether oxygens (including phenoxy) is 1. The summed E-state index contributed by atoms with van der Waals surface area (Å²) in [6.45, 7) is 7.50. The summed E-state index contributed by atoms with van der Waals surface area (Å²) in [6, 6.07) is 0. The van der Waals surface area contributed by atoms with Crippen LogP contribution in [0.2, 0.25) is 0 Å². The van der Waals surface area contributed by atoms with Gasteiger partial charge in [0.05, 0.1) is 6.10 Å². The molecule has 1 aliphatic rings. The van der Waals surface area contributed by atoms with Crippen molar-refractivity contribution in [2.45, 2.75) is 52.7 Å². The van der Waals surface area contributed by atoms with Crippen LogP contribution in [0.3, 0.4) is 0 Å². The van der Waals surface area contributed by atoms with Crippen LogP contribution in [0, 0.1) is 17.8 Å². The van der Waals surface area contributed by atoms with Crippen LogP contribution in [-0.4, -0.2) is 29.1 Å². The van der Waals surface area contributed by atoms with E-state index in [1.54, 1.807) is 24.3 Å². The first kappa shape index (κ1) is 19.4. The molecule has 0 bridgehead atoms. The lowest BCUT2D eigenvalue weighted by atomic mass is 9.93. The van der Waals surface area contributed by atoms with E-state index in [-0.39, 0.29) is 29.6 Å². The lowest BCUT2D eigenvalue weighted by Gasteiger charge is -2.18. The van der Waals surface area contributed by atoms with Crippen LogP contribution >= 0.6 is 0 Å². The number of hydrogen-bond acceptors (Lipinski definition) is 4. The van der Waals surface area contributed by atoms with Crippen LogP contribution in [0.25, 0.3) is 0 Å². The average Bonchev–Trinajstić information content (AvgIpc) is 2.52. The van der Waals surface area contributed by atoms with E-state index in [0.29, 0.717) is 12.8 Å². The zero-order valence-electron chi connectivity index (χ0n) is 14.4. The fraction of sp³-hybridized carbons (Fsp3) is 0.579. The highest BCUT2D eigenvalue weighted by atomic mass is 16.5. The molecular weight excluding hydrogens is 292 g/mol. The van der Waals surface area contributed by atoms with Gasteiger partial charge in [-0.25, -0.2) is 4.79 Å². The molecule has 0 saturated carbocycles. The normalized spacial score (nSPS) is 34.4. The molecule has 4 heteroatoms. The van der Waals surface area contributed by atoms with E-state index in [0.717, 1.165) is 0 Å². The Bertz CT molecular complexity index is 490. The van der Waals surface area contributed by atoms with Crippen molar-refractivity contribution < 1.29 is 19.4 Å². The molecule has 0 aromatic heterocycles. The van der Waals surface area contributed by atoms with Crippen molar-refractivity contribution in [3.63, 3.8) is 0 Å². The number of hydrogen-bond donors (Lipinski definition) is 1. The topological polar surface area (TPSA) is 63.6 Å². The van der Waals surface area contributed by atoms with E-state index in [4.69, 9.17) is 4.74 Å². The summed E-state index contributed by atoms with van der Waals surface area (Å²) >= 11 is 0. The zero-order valence-corrected chi connectivity index (χ0v) is 14.4. The lowest BCUT2D eigenvalue weighted by molar-refractivity contribution is -0.143. The molecule has 4 nitrogen and oxygen atoms in total. The van der Waals surface area contributed by atoms with Crippen LogP contribution < -0.4 is 0 Å². The SMILES string of the molecule is C[C@@H]1CC[C@H](O)[C@@H](C)C=CC(=O)O[C@H](C)[C@@H](C)C=CC=CC1=O. The largest absolute Gasteiger partial charge is 0.459 e. The van der Waals surface area contributed by atoms with E-state index in [1.807, 2.05) is 33.8 Å². The summed E-state index contributed by atoms with van der Waals surface area (Å²) < 4.78 is 5.34. The van der Waals surface area contributed by atoms with E-state index >= 15 is 0 Å². The molecule has 128 valence electrons. The first-order chi connectivity index (χ1) is 10.8. The second-order valence-electron chi connectivity index (χ2n) is 6.41. The molecule has 0 amide bonds. The summed E-state index contributed by atoms with van der Waals surface area (Å²) in [4.78, 5) is 23.8. The third-order valence-corrected chi connectivity index (χ3v) is 4.35. The Morgan fingerprint density at radius 2 is 1.65 bits per heavy atom. The molecule has 0 radical (unpaired) electrons. The van der Waals surface area contributed by atoms with Crippen LogP contribution in [-0.2, 0) is 14.3 Å². The third kappa shape index (κ3) is 6.95. The van der Waals surface area contributed by atoms with Gasteiger partial charge < -0.3 is 9.84 Å². The van der Waals surface area contributed by atoms with Gasteiger partial charge in [-0.3, -0.25) is 4.79 Å². The number of aliphatic hydroxyl groups excluding tert-OH is 1. The molecule has 5 atom stereocenters. The maximum Gasteiger partial charge on any atom is 0.330 e. The molecule has 0 aromatic rings. The van der Waals surface area contributed by atoms with Gasteiger partial charge in [0.2, 0.25) is 0 Å². The Morgan fingerprint density at radius 1 is 0.957 bits per heavy atom. The minimum absolute atomic E-state index is 0.0421. The number of carbonyl (C=O) groups excluding carboxylic acids is 2. The number of carbonyl (C=O) groups is 2. The molecule has 1 heterocycles. The number of aliphatic hydroxyl groups is 1. The monoisotopic (exact) mass is 320 g/mol. The molecule has 0 unspecified atom stereocenters. The van der Waals surface area contributed by atoms with Crippen molar-refractivity contribution in [3.8, 4) is 0 Å². The summed E-state index contributed by atoms with van der Waals surface area (Å²) in [7, 11) is 0. The van der Waals surface area contributed by atoms with Crippen molar-refractivity contribution in [1.82, 2.24) is 0 Å². The summed E-state index contributed by atoms with van der Waals surface area (Å²) in [5.74, 6) is -0.590. The van der Waals surface area contributed by atoms with E-state index < -0.39 is 12.1 Å². The van der Waals surface area contributed by atoms with Crippen molar-refractivity contribution in [2.75, 3.05) is 0 Å². The first-order valence-corrected chi connectivity index (χ1v) is 8.26. The zero-order chi connectivity index (χ0) is 17.4. The fourth-order valence-electron chi connectivity index (χ4n) is 2.22. The second-order valence-corrected chi connectivity index (χ2v) is 6.41. The molecule has 0 fully saturated rings. The van der Waals surface area contributed by atoms with Gasteiger partial charge in [-0.2, -0.15) is 0 Å². The molecule has 1 rings (SSSR count). The van der Waals surface area contributed by atoms with Crippen molar-refractivity contribution in [3.05, 3.63) is 36.5 Å². The standard InChI is InChI=1S/C19H28O4/c1-13-7-5-6-8-17(20)14(2)9-11-18(21)15(3)10-12-19(22)23-16(13)4/h5-8,10,12-16,18,21H,9,11H2,1-4H3/t13-,14+,15-,16+,18-/m0/s1. The minimum atomic E-state index is -0.581. The molecular formula is C19H28O4. The average molecular weight is 320 g/mol. The Hall–Kier alpha value is -1.68. The van der Waals surface area contributed by atoms with Gasteiger partial charge in [0.15, 0.2) is 5.78 Å². The number of esters is 1. The molecule has 0 aromatic carbocycles. The molecule has 1 aliphatic heterocycles. The fourth-order valence-corrected chi connectivity index (χ4v) is 2.22. The maximum atomic E-state index is 12.0. The van der Waals surface area contributed by atoms with Crippen LogP contribution in [0.15, 0.2) is 36.5 Å². The van der Waals surface area contributed by atoms with Gasteiger partial charge >= 0.3 is 5.97 Å². The van der Waals surface area contributed by atoms with Crippen LogP contribution in [0.4, 0.5) is 0 Å². The van der Waals surface area contributed by atoms with Gasteiger partial charge in [0, 0.05) is 23.8 Å².